The minimum atomic E-state index is -0.209. The zero-order valence-corrected chi connectivity index (χ0v) is 14.6. The number of amides is 2. The van der Waals surface area contributed by atoms with E-state index in [1.165, 1.54) is 11.3 Å². The highest BCUT2D eigenvalue weighted by atomic mass is 35.5. The minimum Gasteiger partial charge on any atom is -0.350 e. The van der Waals surface area contributed by atoms with E-state index in [-0.39, 0.29) is 30.3 Å². The number of benzene rings is 1. The molecule has 124 valence electrons. The number of hydrogen-bond acceptors (Lipinski definition) is 4. The molecular weight excluding hydrogens is 334 g/mol. The van der Waals surface area contributed by atoms with Crippen LogP contribution in [0.2, 0.25) is 0 Å². The summed E-state index contributed by atoms with van der Waals surface area (Å²) in [6.45, 7) is 2.49. The molecule has 7 heteroatoms. The molecule has 5 nitrogen and oxygen atoms in total. The molecule has 0 bridgehead atoms. The lowest BCUT2D eigenvalue weighted by Crippen LogP contribution is -2.37. The summed E-state index contributed by atoms with van der Waals surface area (Å²) < 4.78 is 0. The van der Waals surface area contributed by atoms with E-state index < -0.39 is 0 Å². The van der Waals surface area contributed by atoms with Crippen LogP contribution in [0.4, 0.5) is 5.69 Å². The van der Waals surface area contributed by atoms with Crippen LogP contribution in [0.25, 0.3) is 0 Å². The maximum Gasteiger partial charge on any atom is 0.265 e. The number of para-hydroxylation sites is 1. The molecule has 3 N–H and O–H groups in total. The Bertz CT molecular complexity index is 647. The van der Waals surface area contributed by atoms with Gasteiger partial charge in [0.2, 0.25) is 0 Å². The Balaban J connectivity index is 0.00000264. The fourth-order valence-electron chi connectivity index (χ4n) is 1.82. The first-order chi connectivity index (χ1) is 10.6. The smallest absolute Gasteiger partial charge is 0.265 e. The van der Waals surface area contributed by atoms with Crippen LogP contribution in [0.3, 0.4) is 0 Å². The standard InChI is InChI=1S/C16H19N3O2S.ClH/c1-11(17-2)10-18-15(20)12-6-3-4-7-13(12)19-16(21)14-8-5-9-22-14;/h3-9,11,17H,10H2,1-2H3,(H,18,20)(H,19,21);1H. The number of carbonyl (C=O) groups excluding carboxylic acids is 2. The van der Waals surface area contributed by atoms with E-state index >= 15 is 0 Å². The van der Waals surface area contributed by atoms with Crippen LogP contribution in [0, 0.1) is 0 Å². The van der Waals surface area contributed by atoms with Crippen LogP contribution < -0.4 is 16.0 Å². The van der Waals surface area contributed by atoms with Gasteiger partial charge in [-0.15, -0.1) is 23.7 Å². The Hall–Kier alpha value is -1.89. The van der Waals surface area contributed by atoms with Gasteiger partial charge in [-0.3, -0.25) is 9.59 Å². The van der Waals surface area contributed by atoms with Crippen LogP contribution in [0.1, 0.15) is 27.0 Å². The summed E-state index contributed by atoms with van der Waals surface area (Å²) in [6.07, 6.45) is 0. The fourth-order valence-corrected chi connectivity index (χ4v) is 2.44. The molecule has 0 aliphatic carbocycles. The zero-order chi connectivity index (χ0) is 15.9. The van der Waals surface area contributed by atoms with Crippen molar-refractivity contribution < 1.29 is 9.59 Å². The second-order valence-electron chi connectivity index (χ2n) is 4.88. The predicted molar refractivity (Wildman–Crippen MR) is 96.8 cm³/mol. The van der Waals surface area contributed by atoms with E-state index in [0.29, 0.717) is 22.7 Å². The quantitative estimate of drug-likeness (QED) is 0.747. The zero-order valence-electron chi connectivity index (χ0n) is 13.0. The molecule has 1 aromatic carbocycles. The Morgan fingerprint density at radius 1 is 1.13 bits per heavy atom. The molecule has 0 radical (unpaired) electrons. The van der Waals surface area contributed by atoms with Crippen molar-refractivity contribution in [1.29, 1.82) is 0 Å². The first-order valence-corrected chi connectivity index (χ1v) is 7.89. The van der Waals surface area contributed by atoms with E-state index in [0.717, 1.165) is 0 Å². The van der Waals surface area contributed by atoms with E-state index in [1.54, 1.807) is 30.3 Å². The van der Waals surface area contributed by atoms with Crippen LogP contribution in [-0.4, -0.2) is 31.4 Å². The van der Waals surface area contributed by atoms with Crippen molar-refractivity contribution in [1.82, 2.24) is 10.6 Å². The number of hydrogen-bond donors (Lipinski definition) is 3. The average molecular weight is 354 g/mol. The van der Waals surface area contributed by atoms with Crippen molar-refractivity contribution in [2.24, 2.45) is 0 Å². The molecule has 2 aromatic rings. The molecule has 0 fully saturated rings. The second-order valence-corrected chi connectivity index (χ2v) is 5.82. The molecule has 0 saturated heterocycles. The Labute approximate surface area is 145 Å². The maximum absolute atomic E-state index is 12.3. The molecule has 1 heterocycles. The van der Waals surface area contributed by atoms with Crippen molar-refractivity contribution in [3.63, 3.8) is 0 Å². The van der Waals surface area contributed by atoms with Gasteiger partial charge in [-0.25, -0.2) is 0 Å². The largest absolute Gasteiger partial charge is 0.350 e. The third kappa shape index (κ3) is 5.35. The molecule has 2 amide bonds. The lowest BCUT2D eigenvalue weighted by molar-refractivity contribution is 0.0951. The Morgan fingerprint density at radius 3 is 2.52 bits per heavy atom. The van der Waals surface area contributed by atoms with Crippen molar-refractivity contribution in [3.05, 3.63) is 52.2 Å². The molecule has 0 aliphatic heterocycles. The molecule has 0 spiro atoms. The van der Waals surface area contributed by atoms with Gasteiger partial charge in [0.25, 0.3) is 11.8 Å². The van der Waals surface area contributed by atoms with Gasteiger partial charge in [-0.2, -0.15) is 0 Å². The van der Waals surface area contributed by atoms with Gasteiger partial charge in [-0.05, 0) is 37.6 Å². The van der Waals surface area contributed by atoms with Crippen LogP contribution in [-0.2, 0) is 0 Å². The van der Waals surface area contributed by atoms with Crippen molar-refractivity contribution in [2.45, 2.75) is 13.0 Å². The first-order valence-electron chi connectivity index (χ1n) is 7.01. The highest BCUT2D eigenvalue weighted by Gasteiger charge is 2.14. The minimum absolute atomic E-state index is 0. The summed E-state index contributed by atoms with van der Waals surface area (Å²) >= 11 is 1.36. The van der Waals surface area contributed by atoms with Gasteiger partial charge in [0.05, 0.1) is 16.1 Å². The molecule has 1 unspecified atom stereocenters. The number of carbonyl (C=O) groups is 2. The lowest BCUT2D eigenvalue weighted by atomic mass is 10.1. The van der Waals surface area contributed by atoms with Crippen LogP contribution in [0.5, 0.6) is 0 Å². The van der Waals surface area contributed by atoms with Gasteiger partial charge in [0.15, 0.2) is 0 Å². The predicted octanol–water partition coefficient (Wildman–Crippen LogP) is 2.76. The van der Waals surface area contributed by atoms with Gasteiger partial charge in [-0.1, -0.05) is 18.2 Å². The maximum atomic E-state index is 12.3. The third-order valence-corrected chi connectivity index (χ3v) is 4.10. The van der Waals surface area contributed by atoms with Crippen molar-refractivity contribution >= 4 is 41.2 Å². The molecule has 2 rings (SSSR count). The number of likely N-dealkylation sites (N-methyl/N-ethyl adjacent to an activating group) is 1. The molecule has 1 atom stereocenters. The average Bonchev–Trinajstić information content (AvgIpc) is 3.07. The molecule has 0 saturated carbocycles. The van der Waals surface area contributed by atoms with E-state index in [9.17, 15) is 9.59 Å². The normalized spacial score (nSPS) is 11.2. The van der Waals surface area contributed by atoms with E-state index in [4.69, 9.17) is 0 Å². The fraction of sp³-hybridized carbons (Fsp3) is 0.250. The number of rotatable bonds is 6. The SMILES string of the molecule is CNC(C)CNC(=O)c1ccccc1NC(=O)c1cccs1.Cl. The molecule has 1 aromatic heterocycles. The van der Waals surface area contributed by atoms with Gasteiger partial charge >= 0.3 is 0 Å². The molecule has 23 heavy (non-hydrogen) atoms. The number of thiophene rings is 1. The Morgan fingerprint density at radius 2 is 1.87 bits per heavy atom. The third-order valence-electron chi connectivity index (χ3n) is 3.23. The van der Waals surface area contributed by atoms with Gasteiger partial charge in [0, 0.05) is 12.6 Å². The summed E-state index contributed by atoms with van der Waals surface area (Å²) in [5.74, 6) is -0.414. The summed E-state index contributed by atoms with van der Waals surface area (Å²) in [6, 6.07) is 10.7. The van der Waals surface area contributed by atoms with E-state index in [1.807, 2.05) is 25.4 Å². The molecule has 0 aliphatic rings. The second kappa shape index (κ2) is 9.29. The molecular formula is C16H20ClN3O2S. The van der Waals surface area contributed by atoms with Crippen LogP contribution in [0.15, 0.2) is 41.8 Å². The summed E-state index contributed by atoms with van der Waals surface area (Å²) in [5, 5.41) is 10.5. The number of anilines is 1. The topological polar surface area (TPSA) is 70.2 Å². The van der Waals surface area contributed by atoms with Crippen molar-refractivity contribution in [3.8, 4) is 0 Å². The summed E-state index contributed by atoms with van der Waals surface area (Å²) in [5.41, 5.74) is 0.964. The van der Waals surface area contributed by atoms with E-state index in [2.05, 4.69) is 16.0 Å². The number of nitrogens with one attached hydrogen (secondary N) is 3. The summed E-state index contributed by atoms with van der Waals surface area (Å²) in [7, 11) is 1.84. The monoisotopic (exact) mass is 353 g/mol. The van der Waals surface area contributed by atoms with Crippen LogP contribution >= 0.6 is 23.7 Å². The summed E-state index contributed by atoms with van der Waals surface area (Å²) in [4.78, 5) is 25.0. The first kappa shape index (κ1) is 19.2. The highest BCUT2D eigenvalue weighted by molar-refractivity contribution is 7.12. The van der Waals surface area contributed by atoms with Crippen molar-refractivity contribution in [2.75, 3.05) is 18.9 Å². The van der Waals surface area contributed by atoms with Gasteiger partial charge in [0.1, 0.15) is 0 Å². The number of halogens is 1. The van der Waals surface area contributed by atoms with Gasteiger partial charge < -0.3 is 16.0 Å². The Kier molecular flexibility index (Phi) is 7.74. The lowest BCUT2D eigenvalue weighted by Gasteiger charge is -2.14. The highest BCUT2D eigenvalue weighted by Crippen LogP contribution is 2.17.